The lowest BCUT2D eigenvalue weighted by Gasteiger charge is -2.23. The van der Waals surface area contributed by atoms with E-state index in [-0.39, 0.29) is 0 Å². The molecule has 0 aromatic heterocycles. The Morgan fingerprint density at radius 2 is 1.42 bits per heavy atom. The van der Waals surface area contributed by atoms with Crippen molar-refractivity contribution < 1.29 is 0 Å². The molecule has 0 unspecified atom stereocenters. The van der Waals surface area contributed by atoms with Crippen LogP contribution in [0.4, 0.5) is 11.4 Å². The third-order valence-corrected chi connectivity index (χ3v) is 3.98. The number of aliphatic imine (C=N–C) groups is 1. The summed E-state index contributed by atoms with van der Waals surface area (Å²) in [5.74, 6) is 0. The average molecular weight is 314 g/mol. The molecule has 0 saturated heterocycles. The zero-order chi connectivity index (χ0) is 16.6. The summed E-state index contributed by atoms with van der Waals surface area (Å²) in [6.07, 6.45) is 1.91. The van der Waals surface area contributed by atoms with Crippen LogP contribution in [0.5, 0.6) is 0 Å². The van der Waals surface area contributed by atoms with Gasteiger partial charge in [0.15, 0.2) is 0 Å². The Bertz CT molecular complexity index is 762. The van der Waals surface area contributed by atoms with E-state index in [1.54, 1.807) is 0 Å². The van der Waals surface area contributed by atoms with Gasteiger partial charge in [0.2, 0.25) is 0 Å². The van der Waals surface area contributed by atoms with Gasteiger partial charge in [-0.05, 0) is 42.3 Å². The van der Waals surface area contributed by atoms with Crippen LogP contribution in [0.3, 0.4) is 0 Å². The van der Waals surface area contributed by atoms with Crippen LogP contribution in [-0.2, 0) is 6.54 Å². The number of nitrogens with zero attached hydrogens (tertiary/aromatic N) is 2. The predicted octanol–water partition coefficient (Wildman–Crippen LogP) is 5.46. The molecule has 0 radical (unpaired) electrons. The zero-order valence-corrected chi connectivity index (χ0v) is 14.0. The van der Waals surface area contributed by atoms with E-state index >= 15 is 0 Å². The molecule has 0 aliphatic heterocycles. The van der Waals surface area contributed by atoms with Gasteiger partial charge in [-0.15, -0.1) is 0 Å². The maximum absolute atomic E-state index is 4.50. The molecule has 2 nitrogen and oxygen atoms in total. The number of para-hydroxylation sites is 1. The van der Waals surface area contributed by atoms with E-state index in [1.807, 2.05) is 36.5 Å². The monoisotopic (exact) mass is 314 g/mol. The lowest BCUT2D eigenvalue weighted by molar-refractivity contribution is 0.832. The molecule has 3 aromatic carbocycles. The Hall–Kier alpha value is -2.87. The molecule has 0 heterocycles. The summed E-state index contributed by atoms with van der Waals surface area (Å²) < 4.78 is 0. The van der Waals surface area contributed by atoms with Crippen molar-refractivity contribution in [2.75, 3.05) is 11.4 Å². The molecule has 120 valence electrons. The van der Waals surface area contributed by atoms with Crippen LogP contribution in [0.15, 0.2) is 89.9 Å². The minimum Gasteiger partial charge on any atom is -0.367 e. The SMILES string of the molecule is CCN(Cc1ccccc1)c1ccc(C=Nc2ccccc2)cc1. The fourth-order valence-corrected chi connectivity index (χ4v) is 2.62. The van der Waals surface area contributed by atoms with Crippen LogP contribution < -0.4 is 4.90 Å². The molecule has 2 heteroatoms. The first-order chi connectivity index (χ1) is 11.8. The second-order valence-corrected chi connectivity index (χ2v) is 5.69. The molecule has 0 atom stereocenters. The summed E-state index contributed by atoms with van der Waals surface area (Å²) in [7, 11) is 0. The molecule has 0 aliphatic rings. The van der Waals surface area contributed by atoms with Crippen molar-refractivity contribution in [3.63, 3.8) is 0 Å². The van der Waals surface area contributed by atoms with Crippen LogP contribution in [0.1, 0.15) is 18.1 Å². The van der Waals surface area contributed by atoms with E-state index in [0.29, 0.717) is 0 Å². The third-order valence-electron chi connectivity index (χ3n) is 3.98. The zero-order valence-electron chi connectivity index (χ0n) is 14.0. The Labute approximate surface area is 144 Å². The van der Waals surface area contributed by atoms with Gasteiger partial charge >= 0.3 is 0 Å². The number of anilines is 1. The van der Waals surface area contributed by atoms with E-state index in [0.717, 1.165) is 24.3 Å². The number of hydrogen-bond acceptors (Lipinski definition) is 2. The average Bonchev–Trinajstić information content (AvgIpc) is 2.67. The van der Waals surface area contributed by atoms with Gasteiger partial charge in [-0.1, -0.05) is 60.7 Å². The molecular weight excluding hydrogens is 292 g/mol. The molecule has 0 N–H and O–H groups in total. The maximum atomic E-state index is 4.50. The number of rotatable bonds is 6. The van der Waals surface area contributed by atoms with Crippen LogP contribution in [-0.4, -0.2) is 12.8 Å². The summed E-state index contributed by atoms with van der Waals surface area (Å²) in [6.45, 7) is 4.09. The molecule has 0 saturated carbocycles. The molecule has 0 aliphatic carbocycles. The van der Waals surface area contributed by atoms with E-state index in [1.165, 1.54) is 11.3 Å². The Morgan fingerprint density at radius 3 is 2.04 bits per heavy atom. The second kappa shape index (κ2) is 8.11. The summed E-state index contributed by atoms with van der Waals surface area (Å²) in [5, 5.41) is 0. The minimum atomic E-state index is 0.925. The highest BCUT2D eigenvalue weighted by Crippen LogP contribution is 2.18. The van der Waals surface area contributed by atoms with Crippen molar-refractivity contribution in [3.05, 3.63) is 96.1 Å². The molecule has 3 rings (SSSR count). The van der Waals surface area contributed by atoms with Gasteiger partial charge in [0.05, 0.1) is 5.69 Å². The van der Waals surface area contributed by atoms with Gasteiger partial charge in [0.1, 0.15) is 0 Å². The predicted molar refractivity (Wildman–Crippen MR) is 103 cm³/mol. The van der Waals surface area contributed by atoms with E-state index < -0.39 is 0 Å². The quantitative estimate of drug-likeness (QED) is 0.551. The van der Waals surface area contributed by atoms with Crippen molar-refractivity contribution in [2.45, 2.75) is 13.5 Å². The molecule has 0 amide bonds. The van der Waals surface area contributed by atoms with Crippen molar-refractivity contribution in [1.82, 2.24) is 0 Å². The third kappa shape index (κ3) is 4.32. The molecule has 0 bridgehead atoms. The summed E-state index contributed by atoms with van der Waals surface area (Å²) in [6, 6.07) is 29.2. The first-order valence-corrected chi connectivity index (χ1v) is 8.33. The minimum absolute atomic E-state index is 0.925. The normalized spacial score (nSPS) is 10.9. The molecule has 0 spiro atoms. The smallest absolute Gasteiger partial charge is 0.0629 e. The van der Waals surface area contributed by atoms with Crippen molar-refractivity contribution in [3.8, 4) is 0 Å². The highest BCUT2D eigenvalue weighted by Gasteiger charge is 2.04. The maximum Gasteiger partial charge on any atom is 0.0629 e. The fraction of sp³-hybridized carbons (Fsp3) is 0.136. The Kier molecular flexibility index (Phi) is 5.41. The fourth-order valence-electron chi connectivity index (χ4n) is 2.62. The topological polar surface area (TPSA) is 15.6 Å². The molecule has 0 fully saturated rings. The molecule has 3 aromatic rings. The number of benzene rings is 3. The first-order valence-electron chi connectivity index (χ1n) is 8.33. The van der Waals surface area contributed by atoms with Gasteiger partial charge in [0.25, 0.3) is 0 Å². The molecular formula is C22H22N2. The van der Waals surface area contributed by atoms with E-state index in [9.17, 15) is 0 Å². The standard InChI is InChI=1S/C22H22N2/c1-2-24(18-20-9-5-3-6-10-20)22-15-13-19(14-16-22)17-23-21-11-7-4-8-12-21/h3-17H,2,18H2,1H3. The number of hydrogen-bond donors (Lipinski definition) is 0. The summed E-state index contributed by atoms with van der Waals surface area (Å²) in [5.41, 5.74) is 4.64. The van der Waals surface area contributed by atoms with Crippen LogP contribution in [0.25, 0.3) is 0 Å². The summed E-state index contributed by atoms with van der Waals surface area (Å²) in [4.78, 5) is 6.87. The van der Waals surface area contributed by atoms with Crippen molar-refractivity contribution >= 4 is 17.6 Å². The first kappa shape index (κ1) is 16.0. The molecule has 24 heavy (non-hydrogen) atoms. The lowest BCUT2D eigenvalue weighted by atomic mass is 10.1. The van der Waals surface area contributed by atoms with Crippen LogP contribution >= 0.6 is 0 Å². The lowest BCUT2D eigenvalue weighted by Crippen LogP contribution is -2.21. The Balaban J connectivity index is 1.69. The van der Waals surface area contributed by atoms with Crippen molar-refractivity contribution in [1.29, 1.82) is 0 Å². The van der Waals surface area contributed by atoms with Crippen LogP contribution in [0.2, 0.25) is 0 Å². The van der Waals surface area contributed by atoms with Gasteiger partial charge in [-0.3, -0.25) is 4.99 Å². The van der Waals surface area contributed by atoms with E-state index in [2.05, 4.69) is 71.4 Å². The highest BCUT2D eigenvalue weighted by atomic mass is 15.1. The van der Waals surface area contributed by atoms with Gasteiger partial charge in [-0.25, -0.2) is 0 Å². The van der Waals surface area contributed by atoms with Gasteiger partial charge in [0, 0.05) is 25.0 Å². The van der Waals surface area contributed by atoms with Crippen LogP contribution in [0, 0.1) is 0 Å². The highest BCUT2D eigenvalue weighted by molar-refractivity contribution is 5.82. The van der Waals surface area contributed by atoms with Gasteiger partial charge in [-0.2, -0.15) is 0 Å². The van der Waals surface area contributed by atoms with E-state index in [4.69, 9.17) is 0 Å². The Morgan fingerprint density at radius 1 is 0.792 bits per heavy atom. The van der Waals surface area contributed by atoms with Gasteiger partial charge < -0.3 is 4.90 Å². The largest absolute Gasteiger partial charge is 0.367 e. The summed E-state index contributed by atoms with van der Waals surface area (Å²) >= 11 is 0. The second-order valence-electron chi connectivity index (χ2n) is 5.69. The van der Waals surface area contributed by atoms with Crippen molar-refractivity contribution in [2.24, 2.45) is 4.99 Å².